The third-order valence-electron chi connectivity index (χ3n) is 7.02. The Morgan fingerprint density at radius 2 is 1.72 bits per heavy atom. The van der Waals surface area contributed by atoms with Crippen molar-refractivity contribution in [1.29, 1.82) is 0 Å². The van der Waals surface area contributed by atoms with Crippen LogP contribution >= 0.6 is 0 Å². The average molecular weight is 523 g/mol. The zero-order chi connectivity index (χ0) is 27.0. The molecule has 0 aliphatic carbocycles. The van der Waals surface area contributed by atoms with Gasteiger partial charge in [-0.3, -0.25) is 9.59 Å². The number of benzene rings is 2. The molecule has 1 aliphatic rings. The average Bonchev–Trinajstić information content (AvgIpc) is 3.41. The molecule has 2 aromatic carbocycles. The lowest BCUT2D eigenvalue weighted by Gasteiger charge is -2.31. The number of allylic oxidation sites excluding steroid dienone is 1. The molecule has 1 saturated heterocycles. The maximum absolute atomic E-state index is 13.4. The van der Waals surface area contributed by atoms with Crippen LogP contribution in [0.15, 0.2) is 72.8 Å². The van der Waals surface area contributed by atoms with Crippen LogP contribution in [0.4, 0.5) is 5.82 Å². The van der Waals surface area contributed by atoms with Crippen molar-refractivity contribution in [1.82, 2.24) is 25.2 Å². The molecule has 3 N–H and O–H groups in total. The molecule has 0 atom stereocenters. The standard InChI is InChI=1S/C31H34N6O2/c1-22(38)32-17-18-33-29-26-21-27(34-30(26)36-28(35-29)25-13-6-3-7-14-25)31(39)37-19-15-24(16-20-37)12-8-11-23-9-4-2-5-10-23/h2-11,13-14,21,24H,12,15-20H2,1H3,(H,32,38)(H2,33,34,35,36). The Labute approximate surface area is 228 Å². The number of aromatic amines is 1. The highest BCUT2D eigenvalue weighted by Crippen LogP contribution is 2.28. The summed E-state index contributed by atoms with van der Waals surface area (Å²) in [5.74, 6) is 1.67. The minimum atomic E-state index is -0.0832. The largest absolute Gasteiger partial charge is 0.368 e. The molecule has 1 aliphatic heterocycles. The number of H-pyrrole nitrogens is 1. The highest BCUT2D eigenvalue weighted by molar-refractivity contribution is 6.00. The van der Waals surface area contributed by atoms with Crippen molar-refractivity contribution in [2.75, 3.05) is 31.5 Å². The summed E-state index contributed by atoms with van der Waals surface area (Å²) in [5.41, 5.74) is 3.22. The van der Waals surface area contributed by atoms with Crippen molar-refractivity contribution in [3.05, 3.63) is 84.1 Å². The quantitative estimate of drug-likeness (QED) is 0.265. The Hall–Kier alpha value is -4.46. The van der Waals surface area contributed by atoms with E-state index in [1.807, 2.05) is 59.5 Å². The van der Waals surface area contributed by atoms with Gasteiger partial charge in [0.05, 0.1) is 5.39 Å². The first kappa shape index (κ1) is 26.2. The zero-order valence-corrected chi connectivity index (χ0v) is 22.2. The third kappa shape index (κ3) is 6.71. The molecule has 5 rings (SSSR count). The number of anilines is 1. The fraction of sp³-hybridized carbons (Fsp3) is 0.290. The molecule has 0 bridgehead atoms. The molecule has 39 heavy (non-hydrogen) atoms. The van der Waals surface area contributed by atoms with Gasteiger partial charge in [-0.15, -0.1) is 0 Å². The zero-order valence-electron chi connectivity index (χ0n) is 22.2. The number of nitrogens with one attached hydrogen (secondary N) is 3. The summed E-state index contributed by atoms with van der Waals surface area (Å²) in [7, 11) is 0. The van der Waals surface area contributed by atoms with Crippen molar-refractivity contribution in [2.45, 2.75) is 26.2 Å². The molecular weight excluding hydrogens is 488 g/mol. The first-order valence-electron chi connectivity index (χ1n) is 13.5. The maximum Gasteiger partial charge on any atom is 0.270 e. The Bertz CT molecular complexity index is 1440. The van der Waals surface area contributed by atoms with E-state index in [1.54, 1.807) is 0 Å². The second-order valence-corrected chi connectivity index (χ2v) is 9.90. The van der Waals surface area contributed by atoms with Gasteiger partial charge in [0, 0.05) is 38.7 Å². The number of fused-ring (bicyclic) bond motifs is 1. The number of rotatable bonds is 9. The van der Waals surface area contributed by atoms with Gasteiger partial charge >= 0.3 is 0 Å². The van der Waals surface area contributed by atoms with Gasteiger partial charge in [-0.05, 0) is 36.8 Å². The first-order chi connectivity index (χ1) is 19.1. The minimum absolute atomic E-state index is 0.0169. The summed E-state index contributed by atoms with van der Waals surface area (Å²) in [6.45, 7) is 3.93. The predicted octanol–water partition coefficient (Wildman–Crippen LogP) is 5.13. The van der Waals surface area contributed by atoms with E-state index in [1.165, 1.54) is 12.5 Å². The second-order valence-electron chi connectivity index (χ2n) is 9.90. The van der Waals surface area contributed by atoms with Crippen LogP contribution in [0.3, 0.4) is 0 Å². The summed E-state index contributed by atoms with van der Waals surface area (Å²) in [4.78, 5) is 39.3. The third-order valence-corrected chi connectivity index (χ3v) is 7.02. The summed E-state index contributed by atoms with van der Waals surface area (Å²) in [5, 5.41) is 6.84. The summed E-state index contributed by atoms with van der Waals surface area (Å²) >= 11 is 0. The smallest absolute Gasteiger partial charge is 0.270 e. The van der Waals surface area contributed by atoms with Crippen molar-refractivity contribution in [3.63, 3.8) is 0 Å². The van der Waals surface area contributed by atoms with Crippen LogP contribution in [-0.2, 0) is 4.79 Å². The molecule has 1 fully saturated rings. The van der Waals surface area contributed by atoms with Crippen LogP contribution in [0.5, 0.6) is 0 Å². The number of nitrogens with zero attached hydrogens (tertiary/aromatic N) is 3. The van der Waals surface area contributed by atoms with Crippen molar-refractivity contribution in [3.8, 4) is 11.4 Å². The van der Waals surface area contributed by atoms with Gasteiger partial charge in [-0.2, -0.15) is 0 Å². The van der Waals surface area contributed by atoms with Crippen LogP contribution in [0.25, 0.3) is 28.5 Å². The fourth-order valence-electron chi connectivity index (χ4n) is 4.90. The summed E-state index contributed by atoms with van der Waals surface area (Å²) in [6, 6.07) is 21.9. The Morgan fingerprint density at radius 3 is 2.44 bits per heavy atom. The van der Waals surface area contributed by atoms with E-state index in [0.29, 0.717) is 42.0 Å². The molecule has 0 spiro atoms. The van der Waals surface area contributed by atoms with E-state index in [-0.39, 0.29) is 11.8 Å². The molecule has 8 heteroatoms. The van der Waals surface area contributed by atoms with Gasteiger partial charge in [-0.1, -0.05) is 72.8 Å². The molecule has 200 valence electrons. The molecular formula is C31H34N6O2. The monoisotopic (exact) mass is 522 g/mol. The van der Waals surface area contributed by atoms with E-state index in [4.69, 9.17) is 9.97 Å². The summed E-state index contributed by atoms with van der Waals surface area (Å²) < 4.78 is 0. The number of likely N-dealkylation sites (tertiary alicyclic amines) is 1. The van der Waals surface area contributed by atoms with Crippen LogP contribution in [0.1, 0.15) is 42.2 Å². The number of hydrogen-bond acceptors (Lipinski definition) is 5. The maximum atomic E-state index is 13.4. The van der Waals surface area contributed by atoms with Crippen LogP contribution in [-0.4, -0.2) is 57.8 Å². The number of amides is 2. The molecule has 0 saturated carbocycles. The van der Waals surface area contributed by atoms with E-state index < -0.39 is 0 Å². The molecule has 2 aromatic heterocycles. The van der Waals surface area contributed by atoms with Crippen molar-refractivity contribution in [2.24, 2.45) is 5.92 Å². The van der Waals surface area contributed by atoms with Gasteiger partial charge in [0.15, 0.2) is 5.82 Å². The molecule has 8 nitrogen and oxygen atoms in total. The summed E-state index contributed by atoms with van der Waals surface area (Å²) in [6.07, 6.45) is 7.42. The lowest BCUT2D eigenvalue weighted by atomic mass is 9.93. The van der Waals surface area contributed by atoms with Crippen molar-refractivity contribution < 1.29 is 9.59 Å². The molecule has 0 radical (unpaired) electrons. The van der Waals surface area contributed by atoms with E-state index in [2.05, 4.69) is 39.9 Å². The molecule has 3 heterocycles. The topological polar surface area (TPSA) is 103 Å². The van der Waals surface area contributed by atoms with Crippen molar-refractivity contribution >= 4 is 34.7 Å². The van der Waals surface area contributed by atoms with E-state index in [9.17, 15) is 9.59 Å². The van der Waals surface area contributed by atoms with Crippen LogP contribution < -0.4 is 10.6 Å². The Kier molecular flexibility index (Phi) is 8.31. The van der Waals surface area contributed by atoms with E-state index in [0.717, 1.165) is 43.3 Å². The van der Waals surface area contributed by atoms with Gasteiger partial charge in [0.25, 0.3) is 5.91 Å². The van der Waals surface area contributed by atoms with Gasteiger partial charge < -0.3 is 20.5 Å². The number of carbonyl (C=O) groups is 2. The highest BCUT2D eigenvalue weighted by atomic mass is 16.2. The van der Waals surface area contributed by atoms with Crippen LogP contribution in [0.2, 0.25) is 0 Å². The highest BCUT2D eigenvalue weighted by Gasteiger charge is 2.25. The first-order valence-corrected chi connectivity index (χ1v) is 13.5. The van der Waals surface area contributed by atoms with E-state index >= 15 is 0 Å². The van der Waals surface area contributed by atoms with Gasteiger partial charge in [-0.25, -0.2) is 9.97 Å². The second kappa shape index (κ2) is 12.4. The minimum Gasteiger partial charge on any atom is -0.368 e. The van der Waals surface area contributed by atoms with Gasteiger partial charge in [0.2, 0.25) is 5.91 Å². The Balaban J connectivity index is 1.28. The molecule has 0 unspecified atom stereocenters. The van der Waals surface area contributed by atoms with Gasteiger partial charge in [0.1, 0.15) is 17.2 Å². The predicted molar refractivity (Wildman–Crippen MR) is 155 cm³/mol. The normalized spacial score (nSPS) is 14.1. The molecule has 2 amide bonds. The number of piperidine rings is 1. The Morgan fingerprint density at radius 1 is 1.00 bits per heavy atom. The lowest BCUT2D eigenvalue weighted by Crippen LogP contribution is -2.38. The number of carbonyl (C=O) groups excluding carboxylic acids is 2. The number of hydrogen-bond donors (Lipinski definition) is 3. The van der Waals surface area contributed by atoms with Crippen LogP contribution in [0, 0.1) is 5.92 Å². The number of aromatic nitrogens is 3. The molecule has 4 aromatic rings. The fourth-order valence-corrected chi connectivity index (χ4v) is 4.90. The SMILES string of the molecule is CC(=O)NCCNc1nc(-c2ccccc2)nc2[nH]c(C(=O)N3CCC(CC=Cc4ccccc4)CC3)cc12. The lowest BCUT2D eigenvalue weighted by molar-refractivity contribution is -0.118.